The van der Waals surface area contributed by atoms with Gasteiger partial charge in [0.25, 0.3) is 0 Å². The summed E-state index contributed by atoms with van der Waals surface area (Å²) in [6.45, 7) is 14.7. The Morgan fingerprint density at radius 1 is 0.674 bits per heavy atom. The first-order chi connectivity index (χ1) is 41.2. The van der Waals surface area contributed by atoms with Crippen LogP contribution >= 0.6 is 0 Å². The van der Waals surface area contributed by atoms with Gasteiger partial charge in [-0.2, -0.15) is 0 Å². The van der Waals surface area contributed by atoms with Crippen molar-refractivity contribution in [3.05, 3.63) is 120 Å². The molecule has 1 fully saturated rings. The minimum absolute atomic E-state index is 0.00590. The van der Waals surface area contributed by atoms with Gasteiger partial charge in [-0.1, -0.05) is 119 Å². The zero-order chi connectivity index (χ0) is 61.9. The lowest BCUT2D eigenvalue weighted by Crippen LogP contribution is -2.59. The van der Waals surface area contributed by atoms with Crippen LogP contribution in [0.5, 0.6) is 0 Å². The summed E-state index contributed by atoms with van der Waals surface area (Å²) in [5, 5.41) is 24.8. The van der Waals surface area contributed by atoms with Crippen LogP contribution in [0.1, 0.15) is 135 Å². The summed E-state index contributed by atoms with van der Waals surface area (Å²) in [5.41, 5.74) is 9.19. The van der Waals surface area contributed by atoms with Gasteiger partial charge in [0.15, 0.2) is 0 Å². The van der Waals surface area contributed by atoms with Crippen molar-refractivity contribution in [2.75, 3.05) is 13.1 Å². The number of H-pyrrole nitrogens is 1. The summed E-state index contributed by atoms with van der Waals surface area (Å²) >= 11 is 0. The third kappa shape index (κ3) is 18.9. The number of benzene rings is 3. The molecule has 1 aliphatic heterocycles. The fourth-order valence-corrected chi connectivity index (χ4v) is 10.6. The van der Waals surface area contributed by atoms with Crippen molar-refractivity contribution >= 4 is 69.6 Å². The minimum Gasteiger partial charge on any atom is -0.443 e. The van der Waals surface area contributed by atoms with Gasteiger partial charge in [0.2, 0.25) is 35.4 Å². The molecular formula is C65H88N12O9. The van der Waals surface area contributed by atoms with Gasteiger partial charge in [0.1, 0.15) is 36.1 Å². The molecule has 86 heavy (non-hydrogen) atoms. The number of unbranched alkanes of at least 4 members (excludes halogenated alkanes) is 3. The van der Waals surface area contributed by atoms with Gasteiger partial charge < -0.3 is 51.7 Å². The molecule has 4 heterocycles. The first-order valence-corrected chi connectivity index (χ1v) is 30.5. The molecule has 0 aliphatic carbocycles. The monoisotopic (exact) mass is 1180 g/mol. The summed E-state index contributed by atoms with van der Waals surface area (Å²) in [5.74, 6) is -3.43. The van der Waals surface area contributed by atoms with E-state index < -0.39 is 71.6 Å². The van der Waals surface area contributed by atoms with E-state index in [0.717, 1.165) is 48.4 Å². The van der Waals surface area contributed by atoms with Crippen LogP contribution in [0, 0.1) is 11.8 Å². The van der Waals surface area contributed by atoms with Crippen LogP contribution in [0.4, 0.5) is 4.79 Å². The fourth-order valence-electron chi connectivity index (χ4n) is 10.6. The molecule has 7 unspecified atom stereocenters. The van der Waals surface area contributed by atoms with Crippen LogP contribution in [0.15, 0.2) is 97.2 Å². The highest BCUT2D eigenvalue weighted by Gasteiger charge is 2.34. The molecule has 0 saturated carbocycles. The molecule has 1 saturated heterocycles. The van der Waals surface area contributed by atoms with Crippen LogP contribution in [0.25, 0.3) is 21.8 Å². The second-order valence-corrected chi connectivity index (χ2v) is 24.2. The molecular weight excluding hydrogens is 1090 g/mol. The predicted molar refractivity (Wildman–Crippen MR) is 329 cm³/mol. The first kappa shape index (κ1) is 65.3. The zero-order valence-electron chi connectivity index (χ0n) is 50.9. The molecule has 6 aromatic rings. The highest BCUT2D eigenvalue weighted by Crippen LogP contribution is 2.24. The molecule has 7 rings (SSSR count). The molecule has 0 bridgehead atoms. The topological polar surface area (TPSA) is 287 Å². The second-order valence-electron chi connectivity index (χ2n) is 24.2. The standard InChI is InChI=1S/C65H88N12O9/c1-8-9-12-28-53(69-58(79)43(4)42(2)3)59(80)72-56(39-47-35-45-25-15-17-27-52(45)67-47)62(83)70-54(29-19-22-33-76-40-48(73-74-76)38-51(66)63(84)75-31-20-11-21-32-75)60(81)71-55(34-44-23-13-10-14-24-44)61(82)68-49(41-78)37-50-36-46-26-16-18-30-57(46)77(50)64(85)86-65(5,6)7/h10,13-18,23-27,30,35-36,40-43,49,51,53-56,67H,8-9,11-12,19-22,28-29,31-34,37-39,66H2,1-7H3,(H,68,82)(H,69,79)(H,70,83)(H,71,81)(H,72,80). The van der Waals surface area contributed by atoms with E-state index in [9.17, 15) is 28.8 Å². The zero-order valence-corrected chi connectivity index (χ0v) is 50.9. The Morgan fingerprint density at radius 3 is 1.92 bits per heavy atom. The third-order valence-electron chi connectivity index (χ3n) is 15.7. The number of carbonyl (C=O) groups excluding carboxylic acids is 8. The number of amides is 6. The highest BCUT2D eigenvalue weighted by molar-refractivity contribution is 5.97. The second kappa shape index (κ2) is 31.3. The highest BCUT2D eigenvalue weighted by atomic mass is 16.6. The van der Waals surface area contributed by atoms with E-state index in [4.69, 9.17) is 10.5 Å². The van der Waals surface area contributed by atoms with Crippen molar-refractivity contribution in [1.29, 1.82) is 0 Å². The molecule has 3 aromatic carbocycles. The largest absolute Gasteiger partial charge is 0.443 e. The number of aryl methyl sites for hydroxylation is 1. The number of para-hydroxylation sites is 2. The van der Waals surface area contributed by atoms with Gasteiger partial charge in [0.05, 0.1) is 23.3 Å². The summed E-state index contributed by atoms with van der Waals surface area (Å²) in [6, 6.07) is 20.8. The maximum atomic E-state index is 15.1. The molecule has 1 aliphatic rings. The number of aromatic amines is 1. The van der Waals surface area contributed by atoms with E-state index in [0.29, 0.717) is 79.8 Å². The van der Waals surface area contributed by atoms with Crippen molar-refractivity contribution in [2.24, 2.45) is 17.6 Å². The summed E-state index contributed by atoms with van der Waals surface area (Å²) in [4.78, 5) is 118. The van der Waals surface area contributed by atoms with Crippen LogP contribution in [-0.2, 0) is 70.5 Å². The van der Waals surface area contributed by atoms with E-state index in [1.54, 1.807) is 79.0 Å². The molecule has 0 spiro atoms. The van der Waals surface area contributed by atoms with Crippen LogP contribution in [-0.4, -0.2) is 132 Å². The van der Waals surface area contributed by atoms with E-state index >= 15 is 9.59 Å². The number of likely N-dealkylation sites (tertiary alicyclic amines) is 1. The summed E-state index contributed by atoms with van der Waals surface area (Å²) < 4.78 is 8.79. The fraction of sp³-hybridized carbons (Fsp3) is 0.508. The molecule has 8 N–H and O–H groups in total. The Kier molecular flexibility index (Phi) is 23.8. The number of carbonyl (C=O) groups is 8. The first-order valence-electron chi connectivity index (χ1n) is 30.5. The number of piperidine rings is 1. The summed E-state index contributed by atoms with van der Waals surface area (Å²) in [6.07, 6.45) is 8.28. The van der Waals surface area contributed by atoms with Crippen molar-refractivity contribution in [3.63, 3.8) is 0 Å². The molecule has 3 aromatic heterocycles. The van der Waals surface area contributed by atoms with E-state index in [2.05, 4.69) is 41.9 Å². The van der Waals surface area contributed by atoms with Gasteiger partial charge >= 0.3 is 6.09 Å². The SMILES string of the molecule is CCCCCC(NC(=O)C(C)C(C)C)C(=O)NC(Cc1cc2ccccc2[nH]1)C(=O)NC(CCCCn1cc(CC(N)C(=O)N2CCCCC2)nn1)C(=O)NC(Cc1ccccc1)C(=O)NC(C=O)Cc1cc2ccccc2n1C(=O)OC(C)(C)C. The lowest BCUT2D eigenvalue weighted by Gasteiger charge is -2.28. The number of hydrogen-bond donors (Lipinski definition) is 7. The van der Waals surface area contributed by atoms with Crippen LogP contribution in [0.3, 0.4) is 0 Å². The number of aromatic nitrogens is 5. The molecule has 462 valence electrons. The van der Waals surface area contributed by atoms with Crippen molar-refractivity contribution in [3.8, 4) is 0 Å². The van der Waals surface area contributed by atoms with Crippen LogP contribution < -0.4 is 32.3 Å². The number of nitrogens with two attached hydrogens (primary N) is 1. The van der Waals surface area contributed by atoms with Crippen LogP contribution in [0.2, 0.25) is 0 Å². The number of rotatable bonds is 30. The number of hydrogen-bond acceptors (Lipinski definition) is 12. The lowest BCUT2D eigenvalue weighted by molar-refractivity contribution is -0.135. The van der Waals surface area contributed by atoms with E-state index in [1.807, 2.05) is 76.2 Å². The average Bonchev–Trinajstić information content (AvgIpc) is 2.49. The normalized spacial score (nSPS) is 15.2. The Hall–Kier alpha value is -8.20. The molecule has 7 atom stereocenters. The van der Waals surface area contributed by atoms with Gasteiger partial charge in [-0.15, -0.1) is 5.10 Å². The molecule has 21 heteroatoms. The number of fused-ring (bicyclic) bond motifs is 2. The number of nitrogens with zero attached hydrogens (tertiary/aromatic N) is 5. The van der Waals surface area contributed by atoms with Crippen molar-refractivity contribution in [1.82, 2.24) is 56.0 Å². The maximum absolute atomic E-state index is 15.1. The molecule has 21 nitrogen and oxygen atoms in total. The van der Waals surface area contributed by atoms with E-state index in [1.165, 1.54) is 4.57 Å². The van der Waals surface area contributed by atoms with Crippen molar-refractivity contribution in [2.45, 2.75) is 187 Å². The maximum Gasteiger partial charge on any atom is 0.419 e. The molecule has 6 amide bonds. The predicted octanol–water partition coefficient (Wildman–Crippen LogP) is 6.77. The van der Waals surface area contributed by atoms with Crippen molar-refractivity contribution < 1.29 is 43.1 Å². The average molecular weight is 1180 g/mol. The Labute approximate surface area is 504 Å². The van der Waals surface area contributed by atoms with Gasteiger partial charge in [-0.05, 0) is 107 Å². The quantitative estimate of drug-likeness (QED) is 0.0182. The minimum atomic E-state index is -1.28. The Bertz CT molecular complexity index is 3210. The summed E-state index contributed by atoms with van der Waals surface area (Å²) in [7, 11) is 0. The Balaban J connectivity index is 1.15. The number of aldehydes is 1. The smallest absolute Gasteiger partial charge is 0.419 e. The lowest BCUT2D eigenvalue weighted by atomic mass is 9.96. The van der Waals surface area contributed by atoms with Gasteiger partial charge in [-0.3, -0.25) is 33.4 Å². The van der Waals surface area contributed by atoms with Gasteiger partial charge in [0, 0.05) is 79.7 Å². The Morgan fingerprint density at radius 2 is 1.27 bits per heavy atom. The van der Waals surface area contributed by atoms with E-state index in [-0.39, 0.29) is 55.8 Å². The number of ether oxygens (including phenoxy) is 1. The molecule has 0 radical (unpaired) electrons. The number of nitrogens with one attached hydrogen (secondary N) is 6. The van der Waals surface area contributed by atoms with Gasteiger partial charge in [-0.25, -0.2) is 9.36 Å². The third-order valence-corrected chi connectivity index (χ3v) is 15.7.